The van der Waals surface area contributed by atoms with Gasteiger partial charge in [-0.2, -0.15) is 0 Å². The van der Waals surface area contributed by atoms with Crippen molar-refractivity contribution in [2.45, 2.75) is 52.3 Å². The second-order valence-electron chi connectivity index (χ2n) is 8.23. The summed E-state index contributed by atoms with van der Waals surface area (Å²) in [4.78, 5) is 9.18. The van der Waals surface area contributed by atoms with E-state index in [-0.39, 0.29) is 29.4 Å². The number of aromatic nitrogens is 1. The molecule has 0 radical (unpaired) electrons. The zero-order chi connectivity index (χ0) is 19.6. The Hall–Kier alpha value is -1.61. The Kier molecular flexibility index (Phi) is 7.21. The van der Waals surface area contributed by atoms with Crippen LogP contribution in [-0.4, -0.2) is 36.2 Å². The molecule has 3 unspecified atom stereocenters. The topological polar surface area (TPSA) is 71.7 Å². The Morgan fingerprint density at radius 3 is 2.83 bits per heavy atom. The quantitative estimate of drug-likeness (QED) is 0.358. The fourth-order valence-corrected chi connectivity index (χ4v) is 4.64. The van der Waals surface area contributed by atoms with Gasteiger partial charge < -0.3 is 19.8 Å². The summed E-state index contributed by atoms with van der Waals surface area (Å²) in [6, 6.07) is 10.4. The third kappa shape index (κ3) is 4.45. The highest BCUT2D eigenvalue weighted by Gasteiger charge is 2.58. The molecule has 29 heavy (non-hydrogen) atoms. The maximum Gasteiger partial charge on any atom is 0.191 e. The van der Waals surface area contributed by atoms with Gasteiger partial charge in [0.05, 0.1) is 12.6 Å². The minimum atomic E-state index is 0. The molecule has 1 aliphatic heterocycles. The molecule has 2 aromatic rings. The van der Waals surface area contributed by atoms with Gasteiger partial charge in [0.25, 0.3) is 0 Å². The lowest BCUT2D eigenvalue weighted by Crippen LogP contribution is -2.71. The summed E-state index contributed by atoms with van der Waals surface area (Å²) in [6.07, 6.45) is 4.20. The van der Waals surface area contributed by atoms with Crippen molar-refractivity contribution < 1.29 is 9.15 Å². The number of hydrogen-bond acceptors (Lipinski definition) is 4. The molecule has 2 heterocycles. The molecule has 3 atom stereocenters. The first-order valence-electron chi connectivity index (χ1n) is 10.3. The van der Waals surface area contributed by atoms with Crippen LogP contribution in [0.5, 0.6) is 0 Å². The molecule has 1 saturated heterocycles. The predicted molar refractivity (Wildman–Crippen MR) is 125 cm³/mol. The van der Waals surface area contributed by atoms with Crippen LogP contribution in [0.2, 0.25) is 0 Å². The van der Waals surface area contributed by atoms with Crippen LogP contribution >= 0.6 is 24.0 Å². The van der Waals surface area contributed by atoms with E-state index in [2.05, 4.69) is 36.4 Å². The van der Waals surface area contributed by atoms with E-state index in [0.29, 0.717) is 24.6 Å². The highest BCUT2D eigenvalue weighted by atomic mass is 127. The largest absolute Gasteiger partial charge is 0.443 e. The highest BCUT2D eigenvalue weighted by Crippen LogP contribution is 2.51. The lowest BCUT2D eigenvalue weighted by molar-refractivity contribution is -0.188. The molecular weight excluding hydrogens is 479 g/mol. The Morgan fingerprint density at radius 2 is 2.07 bits per heavy atom. The molecule has 7 heteroatoms. The van der Waals surface area contributed by atoms with Crippen LogP contribution < -0.4 is 10.6 Å². The molecule has 1 saturated carbocycles. The van der Waals surface area contributed by atoms with Crippen molar-refractivity contribution in [3.63, 3.8) is 0 Å². The summed E-state index contributed by atoms with van der Waals surface area (Å²) >= 11 is 0. The molecule has 1 aliphatic carbocycles. The summed E-state index contributed by atoms with van der Waals surface area (Å²) in [7, 11) is 0. The number of nitrogens with one attached hydrogen (secondary N) is 2. The van der Waals surface area contributed by atoms with Crippen molar-refractivity contribution in [2.75, 3.05) is 13.2 Å². The number of aliphatic imine (C=N–C) groups is 1. The van der Waals surface area contributed by atoms with Crippen LogP contribution in [0.1, 0.15) is 39.3 Å². The lowest BCUT2D eigenvalue weighted by atomic mass is 9.55. The zero-order valence-corrected chi connectivity index (χ0v) is 19.7. The number of hydrogen-bond donors (Lipinski definition) is 2. The second kappa shape index (κ2) is 9.47. The van der Waals surface area contributed by atoms with E-state index in [4.69, 9.17) is 14.1 Å². The smallest absolute Gasteiger partial charge is 0.191 e. The van der Waals surface area contributed by atoms with E-state index in [0.717, 1.165) is 42.5 Å². The molecule has 0 bridgehead atoms. The number of guanidine groups is 1. The third-order valence-corrected chi connectivity index (χ3v) is 6.03. The molecular formula is C22H31IN4O2. The van der Waals surface area contributed by atoms with E-state index >= 15 is 0 Å². The van der Waals surface area contributed by atoms with Crippen LogP contribution in [0.3, 0.4) is 0 Å². The van der Waals surface area contributed by atoms with Crippen molar-refractivity contribution in [3.05, 3.63) is 42.4 Å². The first kappa shape index (κ1) is 22.1. The van der Waals surface area contributed by atoms with Crippen LogP contribution in [-0.2, 0) is 11.3 Å². The van der Waals surface area contributed by atoms with Gasteiger partial charge in [0, 0.05) is 36.1 Å². The minimum Gasteiger partial charge on any atom is -0.443 e. The third-order valence-electron chi connectivity index (χ3n) is 6.03. The van der Waals surface area contributed by atoms with Gasteiger partial charge in [0.2, 0.25) is 0 Å². The fraction of sp³-hybridized carbons (Fsp3) is 0.545. The Labute approximate surface area is 189 Å². The Bertz CT molecular complexity index is 821. The Morgan fingerprint density at radius 1 is 1.28 bits per heavy atom. The molecule has 6 nitrogen and oxygen atoms in total. The first-order valence-corrected chi connectivity index (χ1v) is 10.3. The average Bonchev–Trinajstić information content (AvgIpc) is 3.19. The van der Waals surface area contributed by atoms with Crippen LogP contribution in [0.4, 0.5) is 0 Å². The number of fused-ring (bicyclic) bond motifs is 1. The maximum absolute atomic E-state index is 6.02. The van der Waals surface area contributed by atoms with E-state index in [1.807, 2.05) is 30.3 Å². The summed E-state index contributed by atoms with van der Waals surface area (Å²) in [5, 5.41) is 7.04. The number of oxazole rings is 1. The molecule has 2 N–H and O–H groups in total. The standard InChI is InChI=1S/C22H30N4O2.HI/c1-4-23-21(26-19-16-11-8-12-27-20(16)22(19,2)3)24-13-17-18(28-14-25-17)15-9-6-5-7-10-15;/h5-7,9-10,14,16,19-20H,4,8,11-13H2,1-3H3,(H2,23,24,26);1H. The number of ether oxygens (including phenoxy) is 1. The minimum absolute atomic E-state index is 0. The molecule has 2 fully saturated rings. The van der Waals surface area contributed by atoms with Crippen molar-refractivity contribution in [2.24, 2.45) is 16.3 Å². The van der Waals surface area contributed by atoms with Gasteiger partial charge in [-0.1, -0.05) is 44.2 Å². The Balaban J connectivity index is 0.00000240. The second-order valence-corrected chi connectivity index (χ2v) is 8.23. The van der Waals surface area contributed by atoms with Gasteiger partial charge in [-0.15, -0.1) is 24.0 Å². The lowest BCUT2D eigenvalue weighted by Gasteiger charge is -2.60. The van der Waals surface area contributed by atoms with Crippen LogP contribution in [0, 0.1) is 11.3 Å². The van der Waals surface area contributed by atoms with Gasteiger partial charge in [0.15, 0.2) is 18.1 Å². The zero-order valence-electron chi connectivity index (χ0n) is 17.4. The van der Waals surface area contributed by atoms with Gasteiger partial charge in [-0.3, -0.25) is 0 Å². The normalized spacial score (nSPS) is 25.3. The molecule has 0 spiro atoms. The molecule has 2 aliphatic rings. The van der Waals surface area contributed by atoms with Gasteiger partial charge in [-0.25, -0.2) is 9.98 Å². The molecule has 158 valence electrons. The molecule has 1 aromatic carbocycles. The van der Waals surface area contributed by atoms with E-state index < -0.39 is 0 Å². The summed E-state index contributed by atoms with van der Waals surface area (Å²) in [5.41, 5.74) is 1.96. The molecule has 1 aromatic heterocycles. The van der Waals surface area contributed by atoms with E-state index in [9.17, 15) is 0 Å². The first-order chi connectivity index (χ1) is 13.6. The predicted octanol–water partition coefficient (Wildman–Crippen LogP) is 4.22. The fourth-order valence-electron chi connectivity index (χ4n) is 4.64. The average molecular weight is 510 g/mol. The van der Waals surface area contributed by atoms with E-state index in [1.54, 1.807) is 0 Å². The van der Waals surface area contributed by atoms with Crippen molar-refractivity contribution in [1.82, 2.24) is 15.6 Å². The van der Waals surface area contributed by atoms with Crippen molar-refractivity contribution >= 4 is 29.9 Å². The monoisotopic (exact) mass is 510 g/mol. The molecule has 4 rings (SSSR count). The van der Waals surface area contributed by atoms with E-state index in [1.165, 1.54) is 12.8 Å². The van der Waals surface area contributed by atoms with Gasteiger partial charge in [0.1, 0.15) is 5.69 Å². The highest BCUT2D eigenvalue weighted by molar-refractivity contribution is 14.0. The maximum atomic E-state index is 6.02. The van der Waals surface area contributed by atoms with Crippen LogP contribution in [0.25, 0.3) is 11.3 Å². The number of nitrogens with zero attached hydrogens (tertiary/aromatic N) is 2. The van der Waals surface area contributed by atoms with Gasteiger partial charge >= 0.3 is 0 Å². The number of halogens is 1. The van der Waals surface area contributed by atoms with Crippen molar-refractivity contribution in [1.29, 1.82) is 0 Å². The number of benzene rings is 1. The molecule has 0 amide bonds. The van der Waals surface area contributed by atoms with Crippen molar-refractivity contribution in [3.8, 4) is 11.3 Å². The van der Waals surface area contributed by atoms with Crippen LogP contribution in [0.15, 0.2) is 46.1 Å². The SMILES string of the molecule is CCNC(=NCc1ncoc1-c1ccccc1)NC1C2CCCOC2C1(C)C.I. The summed E-state index contributed by atoms with van der Waals surface area (Å²) in [5.74, 6) is 2.16. The summed E-state index contributed by atoms with van der Waals surface area (Å²) < 4.78 is 11.6. The van der Waals surface area contributed by atoms with Gasteiger partial charge in [-0.05, 0) is 19.8 Å². The number of rotatable bonds is 5. The summed E-state index contributed by atoms with van der Waals surface area (Å²) in [6.45, 7) is 8.82.